The van der Waals surface area contributed by atoms with Crippen LogP contribution < -0.4 is 5.32 Å². The van der Waals surface area contributed by atoms with Gasteiger partial charge in [-0.3, -0.25) is 0 Å². The second-order valence-corrected chi connectivity index (χ2v) is 7.08. The molecule has 14 heavy (non-hydrogen) atoms. The molecule has 0 aliphatic heterocycles. The van der Waals surface area contributed by atoms with Crippen LogP contribution in [0.5, 0.6) is 0 Å². The number of nitrogens with one attached hydrogen (secondary N) is 1. The molecule has 0 aromatic heterocycles. The molecule has 0 radical (unpaired) electrons. The normalized spacial score (nSPS) is 13.6. The van der Waals surface area contributed by atoms with Crippen LogP contribution in [0.2, 0.25) is 0 Å². The minimum absolute atomic E-state index is 0.427. The summed E-state index contributed by atoms with van der Waals surface area (Å²) in [5.41, 5.74) is 0. The quantitative estimate of drug-likeness (QED) is 0.741. The van der Waals surface area contributed by atoms with Gasteiger partial charge in [-0.2, -0.15) is 0 Å². The number of hydrogen-bond donors (Lipinski definition) is 1. The fraction of sp³-hybridized carbons (Fsp3) is 1.00. The highest BCUT2D eigenvalue weighted by atomic mass is 32.2. The van der Waals surface area contributed by atoms with Crippen LogP contribution in [-0.4, -0.2) is 32.0 Å². The van der Waals surface area contributed by atoms with E-state index in [4.69, 9.17) is 0 Å². The lowest BCUT2D eigenvalue weighted by Gasteiger charge is -2.25. The predicted molar refractivity (Wildman–Crippen MR) is 61.3 cm³/mol. The Kier molecular flexibility index (Phi) is 5.09. The molecule has 0 atom stereocenters. The van der Waals surface area contributed by atoms with Crippen LogP contribution in [0.25, 0.3) is 0 Å². The first-order chi connectivity index (χ1) is 6.24. The van der Waals surface area contributed by atoms with Crippen molar-refractivity contribution in [2.75, 3.05) is 12.8 Å². The van der Waals surface area contributed by atoms with E-state index in [-0.39, 0.29) is 0 Å². The van der Waals surface area contributed by atoms with Gasteiger partial charge in [-0.05, 0) is 26.7 Å². The van der Waals surface area contributed by atoms with E-state index in [1.165, 1.54) is 6.26 Å². The number of hydrogen-bond acceptors (Lipinski definition) is 3. The van der Waals surface area contributed by atoms with E-state index in [0.29, 0.717) is 12.6 Å². The second kappa shape index (κ2) is 5.12. The van der Waals surface area contributed by atoms with Gasteiger partial charge in [0.25, 0.3) is 0 Å². The average molecular weight is 221 g/mol. The van der Waals surface area contributed by atoms with E-state index in [0.717, 1.165) is 12.8 Å². The Bertz CT molecular complexity index is 253. The van der Waals surface area contributed by atoms with Gasteiger partial charge in [0, 0.05) is 18.8 Å². The lowest BCUT2D eigenvalue weighted by Crippen LogP contribution is -2.45. The van der Waals surface area contributed by atoms with Crippen LogP contribution in [0.3, 0.4) is 0 Å². The Morgan fingerprint density at radius 1 is 1.21 bits per heavy atom. The Morgan fingerprint density at radius 3 is 1.93 bits per heavy atom. The highest BCUT2D eigenvalue weighted by Crippen LogP contribution is 2.14. The van der Waals surface area contributed by atoms with Crippen LogP contribution in [0, 0.1) is 0 Å². The lowest BCUT2D eigenvalue weighted by molar-refractivity contribution is 0.444. The van der Waals surface area contributed by atoms with Gasteiger partial charge in [-0.1, -0.05) is 13.8 Å². The summed E-state index contributed by atoms with van der Waals surface area (Å²) in [6.45, 7) is 8.26. The van der Waals surface area contributed by atoms with Crippen molar-refractivity contribution in [1.29, 1.82) is 0 Å². The van der Waals surface area contributed by atoms with Crippen molar-refractivity contribution in [3.63, 3.8) is 0 Å². The molecular formula is C10H23NO2S. The van der Waals surface area contributed by atoms with Gasteiger partial charge >= 0.3 is 0 Å². The van der Waals surface area contributed by atoms with Crippen molar-refractivity contribution >= 4 is 9.84 Å². The Morgan fingerprint density at radius 2 is 1.64 bits per heavy atom. The summed E-state index contributed by atoms with van der Waals surface area (Å²) in [4.78, 5) is 0. The zero-order valence-electron chi connectivity index (χ0n) is 9.92. The molecule has 0 saturated heterocycles. The number of rotatable bonds is 6. The van der Waals surface area contributed by atoms with Crippen molar-refractivity contribution in [2.24, 2.45) is 0 Å². The van der Waals surface area contributed by atoms with Crippen molar-refractivity contribution in [3.8, 4) is 0 Å². The molecule has 0 aliphatic rings. The molecule has 0 unspecified atom stereocenters. The van der Waals surface area contributed by atoms with Crippen LogP contribution in [-0.2, 0) is 9.84 Å². The Labute approximate surface area is 88.2 Å². The predicted octanol–water partition coefficient (Wildman–Crippen LogP) is 1.59. The molecule has 1 N–H and O–H groups in total. The molecule has 0 aromatic rings. The van der Waals surface area contributed by atoms with Crippen molar-refractivity contribution in [2.45, 2.75) is 51.3 Å². The van der Waals surface area contributed by atoms with Crippen molar-refractivity contribution < 1.29 is 8.42 Å². The minimum atomic E-state index is -2.98. The fourth-order valence-corrected chi connectivity index (χ4v) is 1.44. The molecule has 0 spiro atoms. The highest BCUT2D eigenvalue weighted by Gasteiger charge is 2.30. The first kappa shape index (κ1) is 13.9. The maximum Gasteiger partial charge on any atom is 0.153 e. The third kappa shape index (κ3) is 3.96. The van der Waals surface area contributed by atoms with Crippen molar-refractivity contribution in [1.82, 2.24) is 5.32 Å². The summed E-state index contributed by atoms with van der Waals surface area (Å²) in [6.07, 6.45) is 3.37. The average Bonchev–Trinajstić information content (AvgIpc) is 2.04. The molecule has 0 rings (SSSR count). The van der Waals surface area contributed by atoms with E-state index in [2.05, 4.69) is 19.2 Å². The van der Waals surface area contributed by atoms with E-state index in [1.54, 1.807) is 13.8 Å². The first-order valence-corrected chi connectivity index (χ1v) is 7.06. The van der Waals surface area contributed by atoms with Gasteiger partial charge in [-0.15, -0.1) is 0 Å². The fourth-order valence-electron chi connectivity index (χ4n) is 1.10. The monoisotopic (exact) mass is 221 g/mol. The van der Waals surface area contributed by atoms with Crippen molar-refractivity contribution in [3.05, 3.63) is 0 Å². The van der Waals surface area contributed by atoms with Crippen LogP contribution in [0.4, 0.5) is 0 Å². The van der Waals surface area contributed by atoms with E-state index in [9.17, 15) is 8.42 Å². The van der Waals surface area contributed by atoms with Gasteiger partial charge in [0.2, 0.25) is 0 Å². The minimum Gasteiger partial charge on any atom is -0.312 e. The maximum absolute atomic E-state index is 11.4. The largest absolute Gasteiger partial charge is 0.312 e. The lowest BCUT2D eigenvalue weighted by atomic mass is 10.1. The highest BCUT2D eigenvalue weighted by molar-refractivity contribution is 7.92. The molecule has 0 aromatic carbocycles. The number of sulfone groups is 1. The molecule has 86 valence electrons. The summed E-state index contributed by atoms with van der Waals surface area (Å²) >= 11 is 0. The molecular weight excluding hydrogens is 198 g/mol. The van der Waals surface area contributed by atoms with Gasteiger partial charge in [-0.25, -0.2) is 8.42 Å². The van der Waals surface area contributed by atoms with Gasteiger partial charge < -0.3 is 5.32 Å². The molecule has 0 heterocycles. The van der Waals surface area contributed by atoms with Crippen LogP contribution >= 0.6 is 0 Å². The summed E-state index contributed by atoms with van der Waals surface area (Å²) in [5, 5.41) is 3.29. The zero-order valence-corrected chi connectivity index (χ0v) is 10.7. The molecule has 0 fully saturated rings. The molecule has 0 bridgehead atoms. The summed E-state index contributed by atoms with van der Waals surface area (Å²) < 4.78 is 22.1. The third-order valence-corrected chi connectivity index (χ3v) is 4.96. The summed E-state index contributed by atoms with van der Waals surface area (Å²) in [7, 11) is -2.98. The maximum atomic E-state index is 11.4. The molecule has 0 aliphatic carbocycles. The molecule has 0 amide bonds. The standard InChI is InChI=1S/C10H23NO2S/c1-6-9(7-2)11-8-10(3,4)14(5,12)13/h9,11H,6-8H2,1-5H3. The molecule has 3 nitrogen and oxygen atoms in total. The zero-order chi connectivity index (χ0) is 11.4. The third-order valence-electron chi connectivity index (χ3n) is 2.81. The van der Waals surface area contributed by atoms with Crippen LogP contribution in [0.1, 0.15) is 40.5 Å². The van der Waals surface area contributed by atoms with Gasteiger partial charge in [0.15, 0.2) is 9.84 Å². The second-order valence-electron chi connectivity index (χ2n) is 4.43. The topological polar surface area (TPSA) is 46.2 Å². The van der Waals surface area contributed by atoms with Gasteiger partial charge in [0.1, 0.15) is 0 Å². The smallest absolute Gasteiger partial charge is 0.153 e. The summed E-state index contributed by atoms with van der Waals surface area (Å²) in [5.74, 6) is 0. The summed E-state index contributed by atoms with van der Waals surface area (Å²) in [6, 6.07) is 0.427. The molecule has 0 saturated carbocycles. The van der Waals surface area contributed by atoms with E-state index >= 15 is 0 Å². The molecule has 4 heteroatoms. The SMILES string of the molecule is CCC(CC)NCC(C)(C)S(C)(=O)=O. The van der Waals surface area contributed by atoms with E-state index in [1.807, 2.05) is 0 Å². The Balaban J connectivity index is 4.26. The van der Waals surface area contributed by atoms with Crippen LogP contribution in [0.15, 0.2) is 0 Å². The van der Waals surface area contributed by atoms with Gasteiger partial charge in [0.05, 0.1) is 4.75 Å². The van der Waals surface area contributed by atoms with E-state index < -0.39 is 14.6 Å². The first-order valence-electron chi connectivity index (χ1n) is 5.17. The Hall–Kier alpha value is -0.0900.